The van der Waals surface area contributed by atoms with E-state index in [9.17, 15) is 4.79 Å². The Morgan fingerprint density at radius 3 is 2.22 bits per heavy atom. The third kappa shape index (κ3) is 4.27. The number of hydrogen-bond acceptors (Lipinski definition) is 2. The molecule has 0 aliphatic carbocycles. The van der Waals surface area contributed by atoms with E-state index >= 15 is 0 Å². The summed E-state index contributed by atoms with van der Waals surface area (Å²) in [6.07, 6.45) is 4.34. The molecule has 0 atom stereocenters. The van der Waals surface area contributed by atoms with E-state index < -0.39 is 0 Å². The maximum atomic E-state index is 12.5. The summed E-state index contributed by atoms with van der Waals surface area (Å²) in [4.78, 5) is 14.6. The third-order valence-corrected chi connectivity index (χ3v) is 4.15. The van der Waals surface area contributed by atoms with E-state index in [4.69, 9.17) is 0 Å². The first kappa shape index (κ1) is 15.5. The highest BCUT2D eigenvalue weighted by atomic mass is 16.2. The molecule has 3 nitrogen and oxygen atoms in total. The molecule has 1 aliphatic heterocycles. The number of nitrogens with one attached hydrogen (secondary N) is 1. The van der Waals surface area contributed by atoms with Crippen LogP contribution in [0, 0.1) is 11.8 Å². The summed E-state index contributed by atoms with van der Waals surface area (Å²) in [6.45, 7) is 11.7. The van der Waals surface area contributed by atoms with Crippen molar-refractivity contribution in [2.75, 3.05) is 19.6 Å². The van der Waals surface area contributed by atoms with Crippen LogP contribution in [0.3, 0.4) is 0 Å². The van der Waals surface area contributed by atoms with Crippen molar-refractivity contribution in [2.24, 2.45) is 11.8 Å². The summed E-state index contributed by atoms with van der Waals surface area (Å²) in [5, 5.41) is 3.39. The highest BCUT2D eigenvalue weighted by molar-refractivity contribution is 5.79. The Bertz CT molecular complexity index is 243. The fourth-order valence-corrected chi connectivity index (χ4v) is 2.77. The van der Waals surface area contributed by atoms with Gasteiger partial charge in [-0.05, 0) is 58.5 Å². The summed E-state index contributed by atoms with van der Waals surface area (Å²) in [6, 6.07) is 0.327. The first-order valence-electron chi connectivity index (χ1n) is 7.61. The quantitative estimate of drug-likeness (QED) is 0.790. The smallest absolute Gasteiger partial charge is 0.225 e. The summed E-state index contributed by atoms with van der Waals surface area (Å²) in [5.74, 6) is 1.27. The first-order chi connectivity index (χ1) is 8.60. The minimum absolute atomic E-state index is 0.217. The Kier molecular flexibility index (Phi) is 6.69. The summed E-state index contributed by atoms with van der Waals surface area (Å²) in [7, 11) is 0. The molecule has 0 saturated carbocycles. The van der Waals surface area contributed by atoms with Gasteiger partial charge in [-0.1, -0.05) is 13.8 Å². The average molecular weight is 254 g/mol. The zero-order valence-corrected chi connectivity index (χ0v) is 12.5. The SMILES string of the molecule is CCC(CC)C(=O)N(CC1CCNCC1)C(C)C. The number of rotatable bonds is 6. The molecule has 1 fully saturated rings. The number of carbonyl (C=O) groups excluding carboxylic acids is 1. The molecule has 1 amide bonds. The van der Waals surface area contributed by atoms with Crippen LogP contribution in [-0.4, -0.2) is 36.5 Å². The van der Waals surface area contributed by atoms with Gasteiger partial charge in [-0.25, -0.2) is 0 Å². The Morgan fingerprint density at radius 2 is 1.78 bits per heavy atom. The number of piperidine rings is 1. The van der Waals surface area contributed by atoms with Crippen LogP contribution in [0.2, 0.25) is 0 Å². The van der Waals surface area contributed by atoms with Gasteiger partial charge >= 0.3 is 0 Å². The van der Waals surface area contributed by atoms with E-state index in [-0.39, 0.29) is 5.92 Å². The Hall–Kier alpha value is -0.570. The monoisotopic (exact) mass is 254 g/mol. The molecule has 1 N–H and O–H groups in total. The van der Waals surface area contributed by atoms with Crippen LogP contribution in [0.25, 0.3) is 0 Å². The first-order valence-corrected chi connectivity index (χ1v) is 7.61. The van der Waals surface area contributed by atoms with Crippen LogP contribution >= 0.6 is 0 Å². The van der Waals surface area contributed by atoms with Gasteiger partial charge in [0.05, 0.1) is 0 Å². The number of hydrogen-bond donors (Lipinski definition) is 1. The topological polar surface area (TPSA) is 32.3 Å². The Balaban J connectivity index is 2.60. The molecule has 0 radical (unpaired) electrons. The average Bonchev–Trinajstić information content (AvgIpc) is 2.38. The van der Waals surface area contributed by atoms with Crippen LogP contribution in [0.15, 0.2) is 0 Å². The largest absolute Gasteiger partial charge is 0.340 e. The van der Waals surface area contributed by atoms with Crippen molar-refractivity contribution >= 4 is 5.91 Å². The van der Waals surface area contributed by atoms with Gasteiger partial charge in [0.2, 0.25) is 5.91 Å². The summed E-state index contributed by atoms with van der Waals surface area (Å²) < 4.78 is 0. The van der Waals surface area contributed by atoms with Crippen molar-refractivity contribution < 1.29 is 4.79 Å². The fourth-order valence-electron chi connectivity index (χ4n) is 2.77. The predicted octanol–water partition coefficient (Wildman–Crippen LogP) is 2.66. The van der Waals surface area contributed by atoms with Gasteiger partial charge in [0.25, 0.3) is 0 Å². The molecule has 18 heavy (non-hydrogen) atoms. The van der Waals surface area contributed by atoms with E-state index in [2.05, 4.69) is 37.9 Å². The van der Waals surface area contributed by atoms with Crippen molar-refractivity contribution in [3.63, 3.8) is 0 Å². The molecule has 0 bridgehead atoms. The fraction of sp³-hybridized carbons (Fsp3) is 0.933. The molecular weight excluding hydrogens is 224 g/mol. The van der Waals surface area contributed by atoms with Crippen LogP contribution in [0.5, 0.6) is 0 Å². The Morgan fingerprint density at radius 1 is 1.22 bits per heavy atom. The van der Waals surface area contributed by atoms with Gasteiger partial charge in [-0.15, -0.1) is 0 Å². The molecule has 1 rings (SSSR count). The Labute approximate surface area is 112 Å². The molecule has 1 aliphatic rings. The number of carbonyl (C=O) groups is 1. The van der Waals surface area contributed by atoms with E-state index in [1.165, 1.54) is 12.8 Å². The number of nitrogens with zero attached hydrogens (tertiary/aromatic N) is 1. The van der Waals surface area contributed by atoms with E-state index in [1.54, 1.807) is 0 Å². The lowest BCUT2D eigenvalue weighted by Gasteiger charge is -2.35. The standard InChI is InChI=1S/C15H30N2O/c1-5-14(6-2)15(18)17(12(3)4)11-13-7-9-16-10-8-13/h12-14,16H,5-11H2,1-4H3. The minimum Gasteiger partial charge on any atom is -0.340 e. The molecule has 1 heterocycles. The van der Waals surface area contributed by atoms with Crippen molar-refractivity contribution in [3.8, 4) is 0 Å². The predicted molar refractivity (Wildman–Crippen MR) is 76.5 cm³/mol. The second kappa shape index (κ2) is 7.78. The molecule has 0 aromatic rings. The normalized spacial score (nSPS) is 17.4. The lowest BCUT2D eigenvalue weighted by molar-refractivity contribution is -0.138. The summed E-state index contributed by atoms with van der Waals surface area (Å²) in [5.41, 5.74) is 0. The van der Waals surface area contributed by atoms with Gasteiger partial charge in [-0.2, -0.15) is 0 Å². The van der Waals surface area contributed by atoms with Crippen LogP contribution < -0.4 is 5.32 Å². The van der Waals surface area contributed by atoms with Crippen molar-refractivity contribution in [1.82, 2.24) is 10.2 Å². The molecule has 0 aromatic heterocycles. The third-order valence-electron chi connectivity index (χ3n) is 4.15. The van der Waals surface area contributed by atoms with E-state index in [0.717, 1.165) is 32.5 Å². The second-order valence-corrected chi connectivity index (χ2v) is 5.79. The van der Waals surface area contributed by atoms with Crippen molar-refractivity contribution in [1.29, 1.82) is 0 Å². The highest BCUT2D eigenvalue weighted by Gasteiger charge is 2.26. The molecule has 0 unspecified atom stereocenters. The zero-order valence-electron chi connectivity index (χ0n) is 12.5. The molecule has 1 saturated heterocycles. The maximum Gasteiger partial charge on any atom is 0.225 e. The molecule has 0 spiro atoms. The van der Waals surface area contributed by atoms with Gasteiger partial charge in [-0.3, -0.25) is 4.79 Å². The molecule has 3 heteroatoms. The van der Waals surface area contributed by atoms with E-state index in [1.807, 2.05) is 0 Å². The van der Waals surface area contributed by atoms with Gasteiger partial charge < -0.3 is 10.2 Å². The molecular formula is C15H30N2O. The highest BCUT2D eigenvalue weighted by Crippen LogP contribution is 2.19. The summed E-state index contributed by atoms with van der Waals surface area (Å²) >= 11 is 0. The van der Waals surface area contributed by atoms with Gasteiger partial charge in [0.15, 0.2) is 0 Å². The maximum absolute atomic E-state index is 12.5. The van der Waals surface area contributed by atoms with Crippen molar-refractivity contribution in [2.45, 2.75) is 59.4 Å². The zero-order chi connectivity index (χ0) is 13.5. The minimum atomic E-state index is 0.217. The second-order valence-electron chi connectivity index (χ2n) is 5.79. The van der Waals surface area contributed by atoms with Crippen LogP contribution in [0.1, 0.15) is 53.4 Å². The van der Waals surface area contributed by atoms with Crippen LogP contribution in [0.4, 0.5) is 0 Å². The lowest BCUT2D eigenvalue weighted by atomic mass is 9.95. The molecule has 106 valence electrons. The van der Waals surface area contributed by atoms with Crippen LogP contribution in [-0.2, 0) is 4.79 Å². The van der Waals surface area contributed by atoms with Crippen molar-refractivity contribution in [3.05, 3.63) is 0 Å². The van der Waals surface area contributed by atoms with E-state index in [0.29, 0.717) is 17.9 Å². The van der Waals surface area contributed by atoms with Gasteiger partial charge in [0, 0.05) is 18.5 Å². The number of amides is 1. The lowest BCUT2D eigenvalue weighted by Crippen LogP contribution is -2.45. The molecule has 0 aromatic carbocycles. The van der Waals surface area contributed by atoms with Gasteiger partial charge in [0.1, 0.15) is 0 Å².